The maximum absolute atomic E-state index is 14.7. The van der Waals surface area contributed by atoms with E-state index in [-0.39, 0.29) is 22.8 Å². The van der Waals surface area contributed by atoms with Crippen molar-refractivity contribution in [2.75, 3.05) is 16.6 Å². The van der Waals surface area contributed by atoms with Gasteiger partial charge in [0.05, 0.1) is 34.2 Å². The first-order valence-corrected chi connectivity index (χ1v) is 18.7. The largest absolute Gasteiger partial charge is 0.418 e. The lowest BCUT2D eigenvalue weighted by Crippen LogP contribution is -2.26. The molecule has 1 saturated carbocycles. The molecule has 258 valence electrons. The molecule has 0 bridgehead atoms. The number of rotatable bonds is 7. The van der Waals surface area contributed by atoms with Gasteiger partial charge in [-0.2, -0.15) is 13.2 Å². The van der Waals surface area contributed by atoms with Crippen LogP contribution >= 0.6 is 23.2 Å². The van der Waals surface area contributed by atoms with Crippen LogP contribution < -0.4 is 4.31 Å². The Morgan fingerprint density at radius 3 is 2.14 bits per heavy atom. The fourth-order valence-electron chi connectivity index (χ4n) is 6.91. The van der Waals surface area contributed by atoms with E-state index in [1.165, 1.54) is 66.6 Å². The highest BCUT2D eigenvalue weighted by molar-refractivity contribution is 7.94. The molecule has 7 rings (SSSR count). The van der Waals surface area contributed by atoms with E-state index < -0.39 is 39.8 Å². The van der Waals surface area contributed by atoms with Gasteiger partial charge in [0.1, 0.15) is 11.6 Å². The van der Waals surface area contributed by atoms with Crippen LogP contribution in [-0.2, 0) is 27.4 Å². The van der Waals surface area contributed by atoms with Gasteiger partial charge < -0.3 is 4.57 Å². The average molecular weight is 739 g/mol. The van der Waals surface area contributed by atoms with Gasteiger partial charge in [-0.15, -0.1) is 0 Å². The summed E-state index contributed by atoms with van der Waals surface area (Å²) in [6.45, 7) is -0.519. The molecule has 0 spiro atoms. The molecule has 0 unspecified atom stereocenters. The molecule has 50 heavy (non-hydrogen) atoms. The fourth-order valence-corrected chi connectivity index (χ4v) is 8.85. The molecule has 0 N–H and O–H groups in total. The second-order valence-electron chi connectivity index (χ2n) is 12.9. The van der Waals surface area contributed by atoms with Crippen molar-refractivity contribution in [1.29, 1.82) is 0 Å². The Balaban J connectivity index is 1.25. The van der Waals surface area contributed by atoms with E-state index in [1.807, 2.05) is 24.3 Å². The van der Waals surface area contributed by atoms with Crippen LogP contribution in [-0.4, -0.2) is 36.0 Å². The van der Waals surface area contributed by atoms with E-state index in [1.54, 1.807) is 12.1 Å². The summed E-state index contributed by atoms with van der Waals surface area (Å²) in [7, 11) is -4.08. The number of Topliss-reactive ketones (excluding diaryl/α,β-unsaturated/α-hetero) is 1. The number of sulfonamides is 1. The summed E-state index contributed by atoms with van der Waals surface area (Å²) in [4.78, 5) is 16.7. The smallest absolute Gasteiger partial charge is 0.302 e. The molecular weight excluding hydrogens is 706 g/mol. The summed E-state index contributed by atoms with van der Waals surface area (Å²) in [5, 5.41) is 0.676. The fraction of sp³-hybridized carbons (Fsp3) is 0.263. The summed E-state index contributed by atoms with van der Waals surface area (Å²) in [6, 6.07) is 24.6. The van der Waals surface area contributed by atoms with Crippen molar-refractivity contribution in [3.05, 3.63) is 124 Å². The zero-order valence-corrected chi connectivity index (χ0v) is 29.1. The van der Waals surface area contributed by atoms with Crippen LogP contribution in [0, 0.1) is 0 Å². The molecule has 1 aromatic heterocycles. The second-order valence-corrected chi connectivity index (χ2v) is 15.6. The number of nitrogens with zero attached hydrogens (tertiary/aromatic N) is 3. The van der Waals surface area contributed by atoms with Crippen molar-refractivity contribution in [3.63, 3.8) is 0 Å². The minimum absolute atomic E-state index is 0.181. The Labute approximate surface area is 298 Å². The van der Waals surface area contributed by atoms with Crippen LogP contribution in [0.5, 0.6) is 0 Å². The lowest BCUT2D eigenvalue weighted by Gasteiger charge is -2.22. The van der Waals surface area contributed by atoms with E-state index in [4.69, 9.17) is 28.2 Å². The van der Waals surface area contributed by atoms with Gasteiger partial charge in [0.15, 0.2) is 5.78 Å². The molecule has 2 aliphatic rings. The lowest BCUT2D eigenvalue weighted by atomic mass is 9.83. The summed E-state index contributed by atoms with van der Waals surface area (Å²) >= 11 is 12.6. The Hall–Kier alpha value is -4.12. The third-order valence-electron chi connectivity index (χ3n) is 9.46. The summed E-state index contributed by atoms with van der Waals surface area (Å²) in [5.74, 6) is -0.426. The molecule has 1 aliphatic heterocycles. The number of alkyl halides is 3. The van der Waals surface area contributed by atoms with E-state index in [0.717, 1.165) is 22.8 Å². The zero-order chi connectivity index (χ0) is 35.2. The molecular formula is C38H32Cl2F3N3O3S. The predicted octanol–water partition coefficient (Wildman–Crippen LogP) is 9.89. The van der Waals surface area contributed by atoms with Crippen molar-refractivity contribution in [1.82, 2.24) is 9.55 Å². The summed E-state index contributed by atoms with van der Waals surface area (Å²) in [5.41, 5.74) is 3.53. The molecule has 2 heterocycles. The van der Waals surface area contributed by atoms with Gasteiger partial charge in [0, 0.05) is 23.2 Å². The third-order valence-corrected chi connectivity index (χ3v) is 11.7. The van der Waals surface area contributed by atoms with Gasteiger partial charge in [-0.1, -0.05) is 91.0 Å². The van der Waals surface area contributed by atoms with Gasteiger partial charge >= 0.3 is 6.18 Å². The maximum Gasteiger partial charge on any atom is 0.418 e. The first-order chi connectivity index (χ1) is 23.9. The molecule has 1 saturated heterocycles. The molecule has 6 nitrogen and oxygen atoms in total. The number of aromatic nitrogens is 2. The normalized spacial score (nSPS) is 16.7. The standard InChI is InChI=1S/C38H32Cl2F3N3O3S/c39-29-14-16-32(34(40)19-29)35-22-45(36-17-15-30(20-33(36)38(41,42)43)46-21-31(47)23-50(46,48)49)37(44-35)18-24-6-8-26(9-7-24)28-12-10-27(11-13-28)25-4-2-1-3-5-25/h6-17,19-20,22,25H,1-5,18,21,23H2. The maximum atomic E-state index is 14.7. The number of hydrogen-bond donors (Lipinski definition) is 0. The number of ketones is 1. The van der Waals surface area contributed by atoms with E-state index >= 15 is 0 Å². The zero-order valence-electron chi connectivity index (χ0n) is 26.8. The van der Waals surface area contributed by atoms with Crippen molar-refractivity contribution < 1.29 is 26.4 Å². The van der Waals surface area contributed by atoms with E-state index in [0.29, 0.717) is 32.3 Å². The highest BCUT2D eigenvalue weighted by Crippen LogP contribution is 2.40. The summed E-state index contributed by atoms with van der Waals surface area (Å²) < 4.78 is 71.3. The number of benzene rings is 4. The van der Waals surface area contributed by atoms with Crippen molar-refractivity contribution in [2.24, 2.45) is 0 Å². The average Bonchev–Trinajstić information content (AvgIpc) is 3.63. The van der Waals surface area contributed by atoms with Crippen LogP contribution in [0.4, 0.5) is 18.9 Å². The Morgan fingerprint density at radius 1 is 0.840 bits per heavy atom. The minimum Gasteiger partial charge on any atom is -0.302 e. The molecule has 12 heteroatoms. The van der Waals surface area contributed by atoms with E-state index in [2.05, 4.69) is 24.3 Å². The summed E-state index contributed by atoms with van der Waals surface area (Å²) in [6.07, 6.45) is 3.10. The van der Waals surface area contributed by atoms with Crippen molar-refractivity contribution in [2.45, 2.75) is 50.6 Å². The van der Waals surface area contributed by atoms with Crippen LogP contribution in [0.2, 0.25) is 10.0 Å². The topological polar surface area (TPSA) is 72.3 Å². The molecule has 1 aliphatic carbocycles. The number of anilines is 1. The van der Waals surface area contributed by atoms with Crippen LogP contribution in [0.3, 0.4) is 0 Å². The molecule has 2 fully saturated rings. The van der Waals surface area contributed by atoms with Crippen molar-refractivity contribution >= 4 is 44.7 Å². The molecule has 0 atom stereocenters. The van der Waals surface area contributed by atoms with Crippen LogP contribution in [0.25, 0.3) is 28.1 Å². The lowest BCUT2D eigenvalue weighted by molar-refractivity contribution is -0.137. The van der Waals surface area contributed by atoms with Crippen LogP contribution in [0.1, 0.15) is 60.5 Å². The molecule has 4 aromatic carbocycles. The highest BCUT2D eigenvalue weighted by atomic mass is 35.5. The molecule has 0 radical (unpaired) electrons. The van der Waals surface area contributed by atoms with Gasteiger partial charge in [-0.25, -0.2) is 13.4 Å². The number of carbonyl (C=O) groups excluding carboxylic acids is 1. The SMILES string of the molecule is O=C1CN(c2ccc(-n3cc(-c4ccc(Cl)cc4Cl)nc3Cc3ccc(-c4ccc(C5CCCCC5)cc4)cc3)c(C(F)(F)F)c2)S(=O)(=O)C1. The Kier molecular flexibility index (Phi) is 9.30. The van der Waals surface area contributed by atoms with Crippen molar-refractivity contribution in [3.8, 4) is 28.1 Å². The Bertz CT molecular complexity index is 2180. The Morgan fingerprint density at radius 2 is 1.52 bits per heavy atom. The van der Waals surface area contributed by atoms with Crippen LogP contribution in [0.15, 0.2) is 91.1 Å². The van der Waals surface area contributed by atoms with E-state index in [9.17, 15) is 26.4 Å². The minimum atomic E-state index is -4.87. The number of carbonyl (C=O) groups is 1. The van der Waals surface area contributed by atoms with Gasteiger partial charge in [-0.3, -0.25) is 9.10 Å². The monoisotopic (exact) mass is 737 g/mol. The number of hydrogen-bond acceptors (Lipinski definition) is 4. The molecule has 5 aromatic rings. The number of imidazole rings is 1. The predicted molar refractivity (Wildman–Crippen MR) is 191 cm³/mol. The molecule has 0 amide bonds. The second kappa shape index (κ2) is 13.5. The number of halogens is 5. The van der Waals surface area contributed by atoms with Gasteiger partial charge in [0.25, 0.3) is 0 Å². The van der Waals surface area contributed by atoms with Gasteiger partial charge in [-0.05, 0) is 77.4 Å². The first kappa shape index (κ1) is 34.3. The highest BCUT2D eigenvalue weighted by Gasteiger charge is 2.39. The van der Waals surface area contributed by atoms with Gasteiger partial charge in [0.2, 0.25) is 10.0 Å². The third kappa shape index (κ3) is 7.06. The quantitative estimate of drug-likeness (QED) is 0.167. The first-order valence-electron chi connectivity index (χ1n) is 16.3.